The maximum Gasteiger partial charge on any atom is 0.407 e. The Morgan fingerprint density at radius 1 is 1.26 bits per heavy atom. The number of rotatable bonds is 6. The van der Waals surface area contributed by atoms with Gasteiger partial charge in [0.25, 0.3) is 0 Å². The number of carbonyl (C=O) groups is 4. The van der Waals surface area contributed by atoms with Gasteiger partial charge in [-0.1, -0.05) is 20.8 Å². The zero-order chi connectivity index (χ0) is 25.8. The molecule has 0 radical (unpaired) electrons. The van der Waals surface area contributed by atoms with Crippen molar-refractivity contribution in [3.05, 3.63) is 0 Å². The number of nitrogens with one attached hydrogen (secondary N) is 3. The van der Waals surface area contributed by atoms with E-state index in [1.54, 1.807) is 20.8 Å². The Labute approximate surface area is 195 Å². The van der Waals surface area contributed by atoms with Gasteiger partial charge in [0.05, 0.1) is 19.1 Å². The zero-order valence-electron chi connectivity index (χ0n) is 19.5. The second-order valence-electron chi connectivity index (χ2n) is 9.62. The number of methoxy groups -OCH3 is 1. The molecule has 0 bridgehead atoms. The molecular formula is C21H30F3N5O5. The van der Waals surface area contributed by atoms with Crippen molar-refractivity contribution in [2.75, 3.05) is 20.2 Å². The fraction of sp³-hybridized carbons (Fsp3) is 0.762. The van der Waals surface area contributed by atoms with Gasteiger partial charge in [-0.2, -0.15) is 18.4 Å². The van der Waals surface area contributed by atoms with Crippen LogP contribution in [0.1, 0.15) is 40.0 Å². The van der Waals surface area contributed by atoms with E-state index in [0.717, 1.165) is 12.0 Å². The van der Waals surface area contributed by atoms with Gasteiger partial charge in [0, 0.05) is 19.0 Å². The SMILES string of the molecule is COC(=O)N[C@H](C(=O)N1C[C@H](C(F)(F)F)C[C@H]1C(=O)N[C@H](C#N)C[C@@H]1CCNC1=O)C(C)(C)C. The maximum atomic E-state index is 13.5. The van der Waals surface area contributed by atoms with Crippen molar-refractivity contribution >= 4 is 23.8 Å². The first-order chi connectivity index (χ1) is 15.7. The summed E-state index contributed by atoms with van der Waals surface area (Å²) in [6.07, 6.45) is -5.80. The first-order valence-corrected chi connectivity index (χ1v) is 10.9. The summed E-state index contributed by atoms with van der Waals surface area (Å²) < 4.78 is 45.1. The molecule has 13 heteroatoms. The lowest BCUT2D eigenvalue weighted by Crippen LogP contribution is -2.58. The van der Waals surface area contributed by atoms with Crippen LogP contribution in [0.15, 0.2) is 0 Å². The molecule has 4 amide bonds. The fourth-order valence-corrected chi connectivity index (χ4v) is 4.12. The molecule has 0 aliphatic carbocycles. The molecule has 0 aromatic rings. The summed E-state index contributed by atoms with van der Waals surface area (Å²) in [6, 6.07) is -2.03. The minimum atomic E-state index is -4.66. The first-order valence-electron chi connectivity index (χ1n) is 10.9. The van der Waals surface area contributed by atoms with Crippen LogP contribution in [-0.4, -0.2) is 73.2 Å². The molecule has 0 unspecified atom stereocenters. The lowest BCUT2D eigenvalue weighted by Gasteiger charge is -2.35. The Kier molecular flexibility index (Phi) is 8.39. The molecule has 2 aliphatic rings. The Bertz CT molecular complexity index is 851. The number of hydrogen-bond acceptors (Lipinski definition) is 6. The molecule has 0 aromatic carbocycles. The molecule has 2 saturated heterocycles. The highest BCUT2D eigenvalue weighted by atomic mass is 19.4. The molecule has 10 nitrogen and oxygen atoms in total. The van der Waals surface area contributed by atoms with Crippen LogP contribution in [-0.2, 0) is 19.1 Å². The standard InChI is InChI=1S/C21H30F3N5O5/c1-20(2,3)15(28-19(33)34-4)18(32)29-10-12(21(22,23)24)8-14(29)17(31)27-13(9-25)7-11-5-6-26-16(11)30/h11-15H,5-8,10H2,1-4H3,(H,26,30)(H,27,31)(H,28,33)/t11-,12+,13-,14-,15+/m0/s1. The van der Waals surface area contributed by atoms with Gasteiger partial charge < -0.3 is 25.6 Å². The molecule has 2 heterocycles. The lowest BCUT2D eigenvalue weighted by molar-refractivity contribution is -0.171. The number of hydrogen-bond donors (Lipinski definition) is 3. The third-order valence-corrected chi connectivity index (χ3v) is 6.07. The number of carbonyl (C=O) groups excluding carboxylic acids is 4. The molecule has 0 spiro atoms. The minimum Gasteiger partial charge on any atom is -0.453 e. The third-order valence-electron chi connectivity index (χ3n) is 6.07. The van der Waals surface area contributed by atoms with E-state index in [0.29, 0.717) is 13.0 Å². The lowest BCUT2D eigenvalue weighted by atomic mass is 9.85. The molecule has 3 N–H and O–H groups in total. The topological polar surface area (TPSA) is 141 Å². The van der Waals surface area contributed by atoms with Crippen molar-refractivity contribution in [1.82, 2.24) is 20.9 Å². The average molecular weight is 489 g/mol. The van der Waals surface area contributed by atoms with Crippen LogP contribution in [0.5, 0.6) is 0 Å². The number of nitrogens with zero attached hydrogens (tertiary/aromatic N) is 2. The monoisotopic (exact) mass is 489 g/mol. The van der Waals surface area contributed by atoms with Crippen LogP contribution in [0, 0.1) is 28.6 Å². The predicted molar refractivity (Wildman–Crippen MR) is 112 cm³/mol. The summed E-state index contributed by atoms with van der Waals surface area (Å²) in [6.45, 7) is 4.50. The van der Waals surface area contributed by atoms with E-state index in [-0.39, 0.29) is 12.3 Å². The Morgan fingerprint density at radius 2 is 1.91 bits per heavy atom. The van der Waals surface area contributed by atoms with Crippen LogP contribution in [0.2, 0.25) is 0 Å². The largest absolute Gasteiger partial charge is 0.453 e. The minimum absolute atomic E-state index is 0.00590. The van der Waals surface area contributed by atoms with Crippen LogP contribution in [0.4, 0.5) is 18.0 Å². The normalized spacial score (nSPS) is 24.6. The molecular weight excluding hydrogens is 459 g/mol. The highest BCUT2D eigenvalue weighted by molar-refractivity contribution is 5.92. The molecule has 190 valence electrons. The molecule has 0 saturated carbocycles. The van der Waals surface area contributed by atoms with E-state index in [9.17, 15) is 37.6 Å². The second-order valence-corrected chi connectivity index (χ2v) is 9.62. The second kappa shape index (κ2) is 10.5. The van der Waals surface area contributed by atoms with Crippen LogP contribution in [0.25, 0.3) is 0 Å². The molecule has 0 aromatic heterocycles. The number of amides is 4. The first kappa shape index (κ1) is 27.2. The summed E-state index contributed by atoms with van der Waals surface area (Å²) in [4.78, 5) is 50.6. The van der Waals surface area contributed by atoms with E-state index in [4.69, 9.17) is 0 Å². The van der Waals surface area contributed by atoms with E-state index in [1.807, 2.05) is 6.07 Å². The molecule has 2 aliphatic heterocycles. The fourth-order valence-electron chi connectivity index (χ4n) is 4.12. The average Bonchev–Trinajstić information content (AvgIpc) is 3.36. The summed E-state index contributed by atoms with van der Waals surface area (Å²) in [7, 11) is 1.08. The summed E-state index contributed by atoms with van der Waals surface area (Å²) in [5, 5.41) is 16.8. The van der Waals surface area contributed by atoms with Crippen molar-refractivity contribution in [1.29, 1.82) is 5.26 Å². The smallest absolute Gasteiger partial charge is 0.407 e. The van der Waals surface area contributed by atoms with E-state index in [1.165, 1.54) is 0 Å². The number of nitriles is 1. The molecule has 2 rings (SSSR count). The Hall–Kier alpha value is -3.04. The van der Waals surface area contributed by atoms with Gasteiger partial charge in [-0.25, -0.2) is 4.79 Å². The van der Waals surface area contributed by atoms with Crippen molar-refractivity contribution in [2.24, 2.45) is 17.3 Å². The zero-order valence-corrected chi connectivity index (χ0v) is 19.5. The third kappa shape index (κ3) is 6.51. The Morgan fingerprint density at radius 3 is 2.38 bits per heavy atom. The van der Waals surface area contributed by atoms with Gasteiger partial charge in [-0.3, -0.25) is 14.4 Å². The van der Waals surface area contributed by atoms with Crippen molar-refractivity contribution in [3.63, 3.8) is 0 Å². The molecule has 2 fully saturated rings. The molecule has 5 atom stereocenters. The number of ether oxygens (including phenoxy) is 1. The van der Waals surface area contributed by atoms with Crippen LogP contribution >= 0.6 is 0 Å². The highest BCUT2D eigenvalue weighted by Gasteiger charge is 2.53. The van der Waals surface area contributed by atoms with Crippen LogP contribution < -0.4 is 16.0 Å². The van der Waals surface area contributed by atoms with E-state index >= 15 is 0 Å². The van der Waals surface area contributed by atoms with Gasteiger partial charge in [0.2, 0.25) is 17.7 Å². The number of alkyl halides is 3. The van der Waals surface area contributed by atoms with Crippen LogP contribution in [0.3, 0.4) is 0 Å². The maximum absolute atomic E-state index is 13.5. The van der Waals surface area contributed by atoms with E-state index in [2.05, 4.69) is 20.7 Å². The Balaban J connectivity index is 2.26. The van der Waals surface area contributed by atoms with Crippen molar-refractivity contribution < 1.29 is 37.1 Å². The summed E-state index contributed by atoms with van der Waals surface area (Å²) in [5.41, 5.74) is -0.909. The van der Waals surface area contributed by atoms with Gasteiger partial charge >= 0.3 is 12.3 Å². The van der Waals surface area contributed by atoms with Gasteiger partial charge in [0.15, 0.2) is 0 Å². The quantitative estimate of drug-likeness (QED) is 0.510. The number of likely N-dealkylation sites (tertiary alicyclic amines) is 1. The van der Waals surface area contributed by atoms with Gasteiger partial charge in [-0.15, -0.1) is 0 Å². The molecule has 34 heavy (non-hydrogen) atoms. The summed E-state index contributed by atoms with van der Waals surface area (Å²) >= 11 is 0. The van der Waals surface area contributed by atoms with Gasteiger partial charge in [-0.05, 0) is 24.7 Å². The van der Waals surface area contributed by atoms with Crippen molar-refractivity contribution in [2.45, 2.75) is 64.3 Å². The van der Waals surface area contributed by atoms with E-state index < -0.39 is 72.4 Å². The van der Waals surface area contributed by atoms with Gasteiger partial charge in [0.1, 0.15) is 18.1 Å². The highest BCUT2D eigenvalue weighted by Crippen LogP contribution is 2.38. The number of alkyl carbamates (subject to hydrolysis) is 1. The van der Waals surface area contributed by atoms with Crippen molar-refractivity contribution in [3.8, 4) is 6.07 Å². The predicted octanol–water partition coefficient (Wildman–Crippen LogP) is 1.07. The number of halogens is 3. The summed E-state index contributed by atoms with van der Waals surface area (Å²) in [5.74, 6) is -4.49.